The van der Waals surface area contributed by atoms with E-state index in [1.807, 2.05) is 0 Å². The van der Waals surface area contributed by atoms with Crippen LogP contribution in [0, 0.1) is 11.6 Å². The number of hydrogen-bond acceptors (Lipinski definition) is 3. The number of carboxylic acids is 1. The van der Waals surface area contributed by atoms with Crippen molar-refractivity contribution in [1.82, 2.24) is 10.6 Å². The van der Waals surface area contributed by atoms with Gasteiger partial charge in [0.05, 0.1) is 5.54 Å². The first kappa shape index (κ1) is 36.0. The summed E-state index contributed by atoms with van der Waals surface area (Å²) in [5, 5.41) is 12.8. The first-order chi connectivity index (χ1) is 21.5. The Balaban J connectivity index is 2.21. The summed E-state index contributed by atoms with van der Waals surface area (Å²) in [4.78, 5) is 23.8. The molecule has 0 fully saturated rings. The van der Waals surface area contributed by atoms with Crippen LogP contribution in [-0.4, -0.2) is 42.4 Å². The van der Waals surface area contributed by atoms with E-state index >= 15 is 0 Å². The van der Waals surface area contributed by atoms with Gasteiger partial charge in [-0.3, -0.25) is 4.79 Å². The SMILES string of the molecule is O=C(O)CCCCCc1cc([C@@](Cc2ccccc2)(NC(=O)NCC(F)(F)F)c2cc(F)cc(OC(F)(F)C(F)F)c2)ccc1F. The summed E-state index contributed by atoms with van der Waals surface area (Å²) in [6.07, 6.45) is -13.6. The standard InChI is InChI=1S/C31H29F9N2O4/c32-23-14-22(15-24(16-23)46-31(39,40)27(34)35)29(17-19-7-3-1-4-8-19,42-28(45)41-18-30(36,37)38)21-11-12-25(33)20(13-21)9-5-2-6-10-26(43)44/h1,3-4,7-8,11-16,27H,2,5-6,9-10,17-18H2,(H,43,44)(H2,41,42,45)/t29-/m1/s1. The molecule has 0 aliphatic heterocycles. The van der Waals surface area contributed by atoms with Crippen LogP contribution >= 0.6 is 0 Å². The third kappa shape index (κ3) is 10.3. The van der Waals surface area contributed by atoms with Crippen LogP contribution in [0.3, 0.4) is 0 Å². The van der Waals surface area contributed by atoms with E-state index in [1.165, 1.54) is 6.07 Å². The lowest BCUT2D eigenvalue weighted by Gasteiger charge is -2.37. The second kappa shape index (κ2) is 15.2. The monoisotopic (exact) mass is 664 g/mol. The Labute approximate surface area is 257 Å². The number of alkyl halides is 7. The normalized spacial score (nSPS) is 13.3. The minimum absolute atomic E-state index is 0.0300. The molecule has 0 saturated carbocycles. The van der Waals surface area contributed by atoms with Crippen molar-refractivity contribution in [3.8, 4) is 5.75 Å². The van der Waals surface area contributed by atoms with Gasteiger partial charge < -0.3 is 20.5 Å². The predicted molar refractivity (Wildman–Crippen MR) is 148 cm³/mol. The quantitative estimate of drug-likeness (QED) is 0.115. The van der Waals surface area contributed by atoms with Gasteiger partial charge in [0.2, 0.25) is 0 Å². The molecule has 46 heavy (non-hydrogen) atoms. The van der Waals surface area contributed by atoms with Crippen LogP contribution in [0.25, 0.3) is 0 Å². The van der Waals surface area contributed by atoms with Crippen LogP contribution in [0.15, 0.2) is 66.7 Å². The van der Waals surface area contributed by atoms with Crippen LogP contribution in [0.5, 0.6) is 5.75 Å². The van der Waals surface area contributed by atoms with E-state index in [0.717, 1.165) is 24.3 Å². The molecule has 0 radical (unpaired) electrons. The van der Waals surface area contributed by atoms with Gasteiger partial charge >= 0.3 is 30.7 Å². The summed E-state index contributed by atoms with van der Waals surface area (Å²) in [5.41, 5.74) is -2.12. The summed E-state index contributed by atoms with van der Waals surface area (Å²) in [6, 6.07) is 11.6. The number of aliphatic carboxylic acids is 1. The Hall–Kier alpha value is -4.43. The van der Waals surface area contributed by atoms with Crippen molar-refractivity contribution in [2.45, 2.75) is 62.8 Å². The fraction of sp³-hybridized carbons (Fsp3) is 0.355. The molecule has 0 spiro atoms. The zero-order valence-corrected chi connectivity index (χ0v) is 24.0. The molecule has 0 unspecified atom stereocenters. The van der Waals surface area contributed by atoms with Gasteiger partial charge in [-0.2, -0.15) is 30.7 Å². The van der Waals surface area contributed by atoms with Crippen LogP contribution in [0.1, 0.15) is 47.9 Å². The fourth-order valence-corrected chi connectivity index (χ4v) is 4.75. The largest absolute Gasteiger partial charge is 0.481 e. The second-order valence-corrected chi connectivity index (χ2v) is 10.4. The summed E-state index contributed by atoms with van der Waals surface area (Å²) in [6.45, 7) is -1.79. The van der Waals surface area contributed by atoms with E-state index in [4.69, 9.17) is 5.11 Å². The van der Waals surface area contributed by atoms with E-state index in [-0.39, 0.29) is 30.4 Å². The Kier molecular flexibility index (Phi) is 11.9. The average molecular weight is 665 g/mol. The molecule has 3 aromatic rings. The highest BCUT2D eigenvalue weighted by atomic mass is 19.4. The number of carbonyl (C=O) groups is 2. The number of hydrogen-bond donors (Lipinski definition) is 3. The number of halogens is 9. The molecule has 0 aliphatic rings. The topological polar surface area (TPSA) is 87.7 Å². The fourth-order valence-electron chi connectivity index (χ4n) is 4.75. The number of ether oxygens (including phenoxy) is 1. The number of nitrogens with one attached hydrogen (secondary N) is 2. The number of urea groups is 1. The van der Waals surface area contributed by atoms with Crippen LogP contribution < -0.4 is 15.4 Å². The molecule has 250 valence electrons. The number of rotatable bonds is 15. The van der Waals surface area contributed by atoms with E-state index in [0.29, 0.717) is 30.9 Å². The number of benzene rings is 3. The molecular formula is C31H29F9N2O4. The van der Waals surface area contributed by atoms with Gasteiger partial charge in [-0.1, -0.05) is 48.9 Å². The lowest BCUT2D eigenvalue weighted by Crippen LogP contribution is -2.53. The minimum atomic E-state index is -5.06. The Morgan fingerprint density at radius 1 is 0.848 bits per heavy atom. The van der Waals surface area contributed by atoms with Gasteiger partial charge in [-0.15, -0.1) is 0 Å². The predicted octanol–water partition coefficient (Wildman–Crippen LogP) is 7.74. The Morgan fingerprint density at radius 2 is 1.54 bits per heavy atom. The molecule has 6 nitrogen and oxygen atoms in total. The summed E-state index contributed by atoms with van der Waals surface area (Å²) in [5.74, 6) is -4.11. The maximum Gasteiger partial charge on any atom is 0.461 e. The van der Waals surface area contributed by atoms with Gasteiger partial charge in [-0.25, -0.2) is 13.6 Å². The van der Waals surface area contributed by atoms with Crippen LogP contribution in [-0.2, 0) is 23.2 Å². The number of amides is 2. The van der Waals surface area contributed by atoms with Crippen LogP contribution in [0.2, 0.25) is 0 Å². The Morgan fingerprint density at radius 3 is 2.17 bits per heavy atom. The van der Waals surface area contributed by atoms with Gasteiger partial charge in [0.25, 0.3) is 0 Å². The van der Waals surface area contributed by atoms with Crippen molar-refractivity contribution in [3.63, 3.8) is 0 Å². The lowest BCUT2D eigenvalue weighted by atomic mass is 9.77. The van der Waals surface area contributed by atoms with E-state index < -0.39 is 65.7 Å². The highest BCUT2D eigenvalue weighted by Crippen LogP contribution is 2.38. The maximum absolute atomic E-state index is 15.0. The summed E-state index contributed by atoms with van der Waals surface area (Å²) >= 11 is 0. The molecule has 3 rings (SSSR count). The molecule has 1 atom stereocenters. The van der Waals surface area contributed by atoms with Gasteiger partial charge in [0.15, 0.2) is 0 Å². The highest BCUT2D eigenvalue weighted by Gasteiger charge is 2.45. The first-order valence-corrected chi connectivity index (χ1v) is 13.8. The maximum atomic E-state index is 15.0. The third-order valence-corrected chi connectivity index (χ3v) is 6.84. The van der Waals surface area contributed by atoms with Crippen molar-refractivity contribution >= 4 is 12.0 Å². The first-order valence-electron chi connectivity index (χ1n) is 13.8. The molecule has 0 aliphatic carbocycles. The van der Waals surface area contributed by atoms with Gasteiger partial charge in [0, 0.05) is 18.9 Å². The van der Waals surface area contributed by atoms with Crippen molar-refractivity contribution < 1.29 is 58.9 Å². The smallest absolute Gasteiger partial charge is 0.461 e. The van der Waals surface area contributed by atoms with Crippen molar-refractivity contribution in [2.75, 3.05) is 6.54 Å². The zero-order valence-electron chi connectivity index (χ0n) is 24.0. The van der Waals surface area contributed by atoms with Crippen molar-refractivity contribution in [2.24, 2.45) is 0 Å². The van der Waals surface area contributed by atoms with Crippen LogP contribution in [0.4, 0.5) is 44.3 Å². The molecule has 0 heterocycles. The molecular weight excluding hydrogens is 635 g/mol. The number of aryl methyl sites for hydroxylation is 1. The zero-order chi connectivity index (χ0) is 34.1. The third-order valence-electron chi connectivity index (χ3n) is 6.84. The number of carbonyl (C=O) groups excluding carboxylic acids is 1. The highest BCUT2D eigenvalue weighted by molar-refractivity contribution is 5.76. The van der Waals surface area contributed by atoms with Gasteiger partial charge in [-0.05, 0) is 59.7 Å². The molecule has 2 amide bonds. The Bertz CT molecular complexity index is 1490. The van der Waals surface area contributed by atoms with Gasteiger partial charge in [0.1, 0.15) is 23.9 Å². The summed E-state index contributed by atoms with van der Waals surface area (Å²) < 4.78 is 126. The average Bonchev–Trinajstić information content (AvgIpc) is 2.96. The van der Waals surface area contributed by atoms with E-state index in [1.54, 1.807) is 35.6 Å². The molecule has 3 aromatic carbocycles. The second-order valence-electron chi connectivity index (χ2n) is 10.4. The van der Waals surface area contributed by atoms with E-state index in [9.17, 15) is 49.1 Å². The summed E-state index contributed by atoms with van der Waals surface area (Å²) in [7, 11) is 0. The molecule has 0 saturated heterocycles. The molecule has 0 bridgehead atoms. The molecule has 0 aromatic heterocycles. The van der Waals surface area contributed by atoms with Crippen molar-refractivity contribution in [1.29, 1.82) is 0 Å². The van der Waals surface area contributed by atoms with E-state index in [2.05, 4.69) is 10.1 Å². The minimum Gasteiger partial charge on any atom is -0.481 e. The number of carboxylic acid groups (broad SMARTS) is 1. The van der Waals surface area contributed by atoms with Crippen molar-refractivity contribution in [3.05, 3.63) is 101 Å². The number of unbranched alkanes of at least 4 members (excludes halogenated alkanes) is 2. The molecule has 15 heteroatoms. The lowest BCUT2D eigenvalue weighted by molar-refractivity contribution is -0.253. The molecule has 3 N–H and O–H groups in total.